The van der Waals surface area contributed by atoms with Crippen LogP contribution in [0.3, 0.4) is 0 Å². The van der Waals surface area contributed by atoms with Gasteiger partial charge in [0.15, 0.2) is 6.61 Å². The van der Waals surface area contributed by atoms with E-state index >= 15 is 0 Å². The second-order valence-corrected chi connectivity index (χ2v) is 7.50. The summed E-state index contributed by atoms with van der Waals surface area (Å²) in [6.45, 7) is 4.27. The standard InChI is InChI=1S/C26H28N2O3/c1-3-19(2)21-9-15-24(16-10-21)31-18-26(30)28-23-13-11-22(12-14-23)27-25(29)17-20-7-5-4-6-8-20/h4-16,19H,3,17-18H2,1-2H3,(H,27,29)(H,28,30)/t19-/m0/s1. The van der Waals surface area contributed by atoms with Crippen molar-refractivity contribution >= 4 is 23.2 Å². The number of hydrogen-bond donors (Lipinski definition) is 2. The van der Waals surface area contributed by atoms with E-state index in [0.717, 1.165) is 12.0 Å². The molecule has 5 heteroatoms. The smallest absolute Gasteiger partial charge is 0.262 e. The van der Waals surface area contributed by atoms with Gasteiger partial charge in [-0.3, -0.25) is 9.59 Å². The Kier molecular flexibility index (Phi) is 7.82. The predicted octanol–water partition coefficient (Wildman–Crippen LogP) is 5.40. The highest BCUT2D eigenvalue weighted by Gasteiger charge is 2.07. The minimum absolute atomic E-state index is 0.0712. The van der Waals surface area contributed by atoms with Gasteiger partial charge in [-0.25, -0.2) is 0 Å². The number of carbonyl (C=O) groups is 2. The lowest BCUT2D eigenvalue weighted by molar-refractivity contribution is -0.118. The fraction of sp³-hybridized carbons (Fsp3) is 0.231. The molecule has 2 amide bonds. The summed E-state index contributed by atoms with van der Waals surface area (Å²) in [4.78, 5) is 24.3. The number of ether oxygens (including phenoxy) is 1. The van der Waals surface area contributed by atoms with Crippen LogP contribution in [0.1, 0.15) is 37.3 Å². The normalized spacial score (nSPS) is 11.4. The maximum Gasteiger partial charge on any atom is 0.262 e. The third kappa shape index (κ3) is 7.00. The first kappa shape index (κ1) is 22.1. The van der Waals surface area contributed by atoms with E-state index < -0.39 is 0 Å². The SMILES string of the molecule is CC[C@H](C)c1ccc(OCC(=O)Nc2ccc(NC(=O)Cc3ccccc3)cc2)cc1. The van der Waals surface area contributed by atoms with Gasteiger partial charge in [-0.2, -0.15) is 0 Å². The van der Waals surface area contributed by atoms with Crippen molar-refractivity contribution < 1.29 is 14.3 Å². The van der Waals surface area contributed by atoms with Crippen LogP contribution in [0.5, 0.6) is 5.75 Å². The molecule has 0 fully saturated rings. The van der Waals surface area contributed by atoms with Gasteiger partial charge in [-0.1, -0.05) is 56.3 Å². The number of rotatable bonds is 9. The second kappa shape index (κ2) is 11.0. The summed E-state index contributed by atoms with van der Waals surface area (Å²) >= 11 is 0. The Bertz CT molecular complexity index is 983. The Morgan fingerprint density at radius 3 is 1.97 bits per heavy atom. The highest BCUT2D eigenvalue weighted by atomic mass is 16.5. The first-order valence-corrected chi connectivity index (χ1v) is 10.5. The lowest BCUT2D eigenvalue weighted by Gasteiger charge is -2.11. The molecule has 0 bridgehead atoms. The molecule has 0 aromatic heterocycles. The van der Waals surface area contributed by atoms with Gasteiger partial charge in [0, 0.05) is 11.4 Å². The van der Waals surface area contributed by atoms with E-state index in [1.54, 1.807) is 24.3 Å². The van der Waals surface area contributed by atoms with Gasteiger partial charge in [0.25, 0.3) is 5.91 Å². The van der Waals surface area contributed by atoms with Crippen LogP contribution in [0, 0.1) is 0 Å². The van der Waals surface area contributed by atoms with Crippen LogP contribution in [0.4, 0.5) is 11.4 Å². The maximum atomic E-state index is 12.2. The van der Waals surface area contributed by atoms with Crippen LogP contribution >= 0.6 is 0 Å². The lowest BCUT2D eigenvalue weighted by atomic mass is 9.99. The molecule has 3 aromatic carbocycles. The third-order valence-electron chi connectivity index (χ3n) is 5.09. The van der Waals surface area contributed by atoms with Crippen LogP contribution < -0.4 is 15.4 Å². The second-order valence-electron chi connectivity index (χ2n) is 7.50. The molecule has 0 aliphatic heterocycles. The molecule has 2 N–H and O–H groups in total. The summed E-state index contributed by atoms with van der Waals surface area (Å²) in [5.74, 6) is 0.838. The fourth-order valence-electron chi connectivity index (χ4n) is 3.10. The number of carbonyl (C=O) groups excluding carboxylic acids is 2. The van der Waals surface area contributed by atoms with Crippen LogP contribution in [0.2, 0.25) is 0 Å². The summed E-state index contributed by atoms with van der Waals surface area (Å²) in [6, 6.07) is 24.4. The van der Waals surface area contributed by atoms with Crippen molar-refractivity contribution in [1.29, 1.82) is 0 Å². The van der Waals surface area contributed by atoms with Gasteiger partial charge in [0.1, 0.15) is 5.75 Å². The Hall–Kier alpha value is -3.60. The number of benzene rings is 3. The highest BCUT2D eigenvalue weighted by molar-refractivity contribution is 5.94. The molecule has 0 aliphatic rings. The van der Waals surface area contributed by atoms with Crippen molar-refractivity contribution in [2.45, 2.75) is 32.6 Å². The Morgan fingerprint density at radius 1 is 0.806 bits per heavy atom. The molecule has 0 saturated carbocycles. The predicted molar refractivity (Wildman–Crippen MR) is 124 cm³/mol. The number of amides is 2. The molecule has 0 saturated heterocycles. The van der Waals surface area contributed by atoms with Crippen LogP contribution in [0.15, 0.2) is 78.9 Å². The van der Waals surface area contributed by atoms with Crippen molar-refractivity contribution in [1.82, 2.24) is 0 Å². The zero-order chi connectivity index (χ0) is 22.1. The van der Waals surface area contributed by atoms with Crippen molar-refractivity contribution in [3.05, 3.63) is 90.0 Å². The Balaban J connectivity index is 1.44. The lowest BCUT2D eigenvalue weighted by Crippen LogP contribution is -2.20. The molecule has 0 heterocycles. The monoisotopic (exact) mass is 416 g/mol. The number of anilines is 2. The molecular weight excluding hydrogens is 388 g/mol. The molecule has 1 atom stereocenters. The maximum absolute atomic E-state index is 12.2. The third-order valence-corrected chi connectivity index (χ3v) is 5.09. The number of hydrogen-bond acceptors (Lipinski definition) is 3. The van der Waals surface area contributed by atoms with Crippen molar-refractivity contribution in [2.24, 2.45) is 0 Å². The summed E-state index contributed by atoms with van der Waals surface area (Å²) in [5.41, 5.74) is 3.53. The number of nitrogens with one attached hydrogen (secondary N) is 2. The van der Waals surface area contributed by atoms with Gasteiger partial charge < -0.3 is 15.4 Å². The quantitative estimate of drug-likeness (QED) is 0.491. The molecule has 0 unspecified atom stereocenters. The fourth-order valence-corrected chi connectivity index (χ4v) is 3.10. The van der Waals surface area contributed by atoms with Crippen LogP contribution in [-0.2, 0) is 16.0 Å². The summed E-state index contributed by atoms with van der Waals surface area (Å²) in [7, 11) is 0. The molecule has 5 nitrogen and oxygen atoms in total. The molecule has 160 valence electrons. The first-order valence-electron chi connectivity index (χ1n) is 10.5. The van der Waals surface area contributed by atoms with E-state index in [1.165, 1.54) is 5.56 Å². The minimum atomic E-state index is -0.244. The van der Waals surface area contributed by atoms with Gasteiger partial charge in [-0.05, 0) is 59.9 Å². The Morgan fingerprint density at radius 2 is 1.39 bits per heavy atom. The van der Waals surface area contributed by atoms with Gasteiger partial charge in [0.05, 0.1) is 6.42 Å². The first-order chi connectivity index (χ1) is 15.0. The molecule has 31 heavy (non-hydrogen) atoms. The molecule has 0 radical (unpaired) electrons. The molecular formula is C26H28N2O3. The van der Waals surface area contributed by atoms with Crippen LogP contribution in [0.25, 0.3) is 0 Å². The molecule has 3 aromatic rings. The topological polar surface area (TPSA) is 67.4 Å². The van der Waals surface area contributed by atoms with Gasteiger partial charge in [-0.15, -0.1) is 0 Å². The summed E-state index contributed by atoms with van der Waals surface area (Å²) in [6.07, 6.45) is 1.40. The Labute approximate surface area is 183 Å². The van der Waals surface area contributed by atoms with Crippen molar-refractivity contribution in [2.75, 3.05) is 17.2 Å². The average Bonchev–Trinajstić information content (AvgIpc) is 2.79. The molecule has 0 spiro atoms. The highest BCUT2D eigenvalue weighted by Crippen LogP contribution is 2.21. The average molecular weight is 417 g/mol. The van der Waals surface area contributed by atoms with E-state index in [9.17, 15) is 9.59 Å². The zero-order valence-corrected chi connectivity index (χ0v) is 17.9. The largest absolute Gasteiger partial charge is 0.484 e. The molecule has 0 aliphatic carbocycles. The van der Waals surface area contributed by atoms with Crippen LogP contribution in [-0.4, -0.2) is 18.4 Å². The zero-order valence-electron chi connectivity index (χ0n) is 17.9. The van der Waals surface area contributed by atoms with E-state index in [0.29, 0.717) is 29.5 Å². The molecule has 3 rings (SSSR count). The van der Waals surface area contributed by atoms with Gasteiger partial charge in [0.2, 0.25) is 5.91 Å². The summed E-state index contributed by atoms with van der Waals surface area (Å²) < 4.78 is 5.57. The van der Waals surface area contributed by atoms with Gasteiger partial charge >= 0.3 is 0 Å². The van der Waals surface area contributed by atoms with E-state index in [1.807, 2.05) is 54.6 Å². The van der Waals surface area contributed by atoms with Crippen molar-refractivity contribution in [3.63, 3.8) is 0 Å². The summed E-state index contributed by atoms with van der Waals surface area (Å²) in [5, 5.41) is 5.65. The van der Waals surface area contributed by atoms with E-state index in [4.69, 9.17) is 4.74 Å². The van der Waals surface area contributed by atoms with Crippen molar-refractivity contribution in [3.8, 4) is 5.75 Å². The van der Waals surface area contributed by atoms with E-state index in [2.05, 4.69) is 24.5 Å². The van der Waals surface area contributed by atoms with E-state index in [-0.39, 0.29) is 18.4 Å². The minimum Gasteiger partial charge on any atom is -0.484 e.